The van der Waals surface area contributed by atoms with Gasteiger partial charge in [-0.05, 0) is 48.8 Å². The summed E-state index contributed by atoms with van der Waals surface area (Å²) in [5.41, 5.74) is 3.91. The third-order valence-electron chi connectivity index (χ3n) is 7.20. The van der Waals surface area contributed by atoms with E-state index in [1.54, 1.807) is 6.07 Å². The van der Waals surface area contributed by atoms with Gasteiger partial charge in [-0.25, -0.2) is 9.97 Å². The Bertz CT molecular complexity index is 1290. The Morgan fingerprint density at radius 2 is 1.94 bits per heavy atom. The first-order valence-electron chi connectivity index (χ1n) is 11.5. The van der Waals surface area contributed by atoms with Gasteiger partial charge in [0.25, 0.3) is 0 Å². The highest BCUT2D eigenvalue weighted by molar-refractivity contribution is 7.18. The lowest BCUT2D eigenvalue weighted by atomic mass is 9.77. The van der Waals surface area contributed by atoms with Gasteiger partial charge in [-0.15, -0.1) is 11.3 Å². The van der Waals surface area contributed by atoms with E-state index in [0.717, 1.165) is 53.2 Å². The number of thiophene rings is 1. The lowest BCUT2D eigenvalue weighted by Crippen LogP contribution is -2.55. The maximum Gasteiger partial charge on any atom is 0.393 e. The summed E-state index contributed by atoms with van der Waals surface area (Å²) in [7, 11) is 0. The van der Waals surface area contributed by atoms with Crippen molar-refractivity contribution in [3.05, 3.63) is 59.5 Å². The molecule has 5 nitrogen and oxygen atoms in total. The van der Waals surface area contributed by atoms with Crippen LogP contribution in [0.3, 0.4) is 0 Å². The molecule has 9 heteroatoms. The van der Waals surface area contributed by atoms with Crippen molar-refractivity contribution < 1.29 is 13.2 Å². The molecular weight excluding hydrogens is 459 g/mol. The Hall–Kier alpha value is -2.94. The molecule has 0 radical (unpaired) electrons. The van der Waals surface area contributed by atoms with Crippen molar-refractivity contribution in [2.75, 3.05) is 18.0 Å². The number of alkyl halides is 3. The molecule has 0 bridgehead atoms. The van der Waals surface area contributed by atoms with Crippen LogP contribution in [-0.2, 0) is 12.8 Å². The minimum Gasteiger partial charge on any atom is -0.355 e. The molecule has 1 saturated heterocycles. The van der Waals surface area contributed by atoms with Crippen LogP contribution in [0.5, 0.6) is 0 Å². The number of aromatic nitrogens is 4. The van der Waals surface area contributed by atoms with E-state index in [-0.39, 0.29) is 0 Å². The fraction of sp³-hybridized carbons (Fsp3) is 0.400. The molecule has 1 aliphatic carbocycles. The van der Waals surface area contributed by atoms with Crippen molar-refractivity contribution in [3.63, 3.8) is 0 Å². The van der Waals surface area contributed by atoms with Crippen LogP contribution in [0.25, 0.3) is 21.3 Å². The van der Waals surface area contributed by atoms with Crippen molar-refractivity contribution >= 4 is 27.4 Å². The van der Waals surface area contributed by atoms with E-state index in [1.807, 2.05) is 12.4 Å². The van der Waals surface area contributed by atoms with E-state index < -0.39 is 12.6 Å². The number of H-pyrrole nitrogens is 1. The summed E-state index contributed by atoms with van der Waals surface area (Å²) in [6, 6.07) is 10.4. The van der Waals surface area contributed by atoms with Crippen molar-refractivity contribution in [3.8, 4) is 11.1 Å². The van der Waals surface area contributed by atoms with Crippen molar-refractivity contribution in [1.82, 2.24) is 20.2 Å². The number of hydrogen-bond donors (Lipinski definition) is 1. The molecule has 176 valence electrons. The second-order valence-corrected chi connectivity index (χ2v) is 10.9. The number of nitrogens with one attached hydrogen (secondary N) is 1. The largest absolute Gasteiger partial charge is 0.393 e. The molecular formula is C25H24F3N5S. The van der Waals surface area contributed by atoms with Crippen LogP contribution >= 0.6 is 11.3 Å². The minimum atomic E-state index is -4.21. The number of rotatable bonds is 5. The number of benzene rings is 1. The summed E-state index contributed by atoms with van der Waals surface area (Å²) < 4.78 is 38.5. The minimum absolute atomic E-state index is 0.291. The normalized spacial score (nSPS) is 19.7. The van der Waals surface area contributed by atoms with Gasteiger partial charge in [0, 0.05) is 35.1 Å². The molecule has 2 aliphatic rings. The van der Waals surface area contributed by atoms with Crippen molar-refractivity contribution in [1.29, 1.82) is 0 Å². The highest BCUT2D eigenvalue weighted by atomic mass is 32.1. The van der Waals surface area contributed by atoms with Crippen molar-refractivity contribution in [2.24, 2.45) is 11.3 Å². The molecule has 1 spiro atoms. The second kappa shape index (κ2) is 8.08. The van der Waals surface area contributed by atoms with E-state index in [9.17, 15) is 13.2 Å². The summed E-state index contributed by atoms with van der Waals surface area (Å²) in [5, 5.41) is 7.61. The van der Waals surface area contributed by atoms with E-state index in [0.29, 0.717) is 21.0 Å². The third kappa shape index (κ3) is 4.17. The Morgan fingerprint density at radius 1 is 1.12 bits per heavy atom. The van der Waals surface area contributed by atoms with Gasteiger partial charge >= 0.3 is 6.18 Å². The molecule has 4 heterocycles. The number of halogens is 3. The Morgan fingerprint density at radius 3 is 2.68 bits per heavy atom. The van der Waals surface area contributed by atoms with Gasteiger partial charge < -0.3 is 4.90 Å². The van der Waals surface area contributed by atoms with Gasteiger partial charge in [0.15, 0.2) is 0 Å². The summed E-state index contributed by atoms with van der Waals surface area (Å²) in [6.45, 7) is 1.83. The molecule has 6 rings (SSSR count). The maximum absolute atomic E-state index is 12.8. The van der Waals surface area contributed by atoms with Gasteiger partial charge in [0.1, 0.15) is 17.0 Å². The Labute approximate surface area is 199 Å². The van der Waals surface area contributed by atoms with Crippen LogP contribution in [-0.4, -0.2) is 39.4 Å². The highest BCUT2D eigenvalue weighted by Gasteiger charge is 2.48. The molecule has 34 heavy (non-hydrogen) atoms. The first-order valence-corrected chi connectivity index (χ1v) is 12.3. The summed E-state index contributed by atoms with van der Waals surface area (Å²) in [6.07, 6.45) is 4.74. The average molecular weight is 484 g/mol. The van der Waals surface area contributed by atoms with Crippen LogP contribution < -0.4 is 4.90 Å². The van der Waals surface area contributed by atoms with Crippen molar-refractivity contribution in [2.45, 2.75) is 38.3 Å². The third-order valence-corrected chi connectivity index (χ3v) is 8.24. The zero-order valence-corrected chi connectivity index (χ0v) is 19.3. The number of aromatic amines is 1. The number of hydrogen-bond acceptors (Lipinski definition) is 5. The standard InChI is InChI=1S/C25H24F3N5S/c26-25(27,28)10-20-8-21-22(29-15-30-23(21)34-20)33-13-24(14-33)6-5-17(9-24)7-16-1-3-18(4-2-16)19-11-31-32-12-19/h1-4,8,11-12,15,17H,5-7,9-10,13-14H2,(H,31,32). The van der Waals surface area contributed by atoms with Gasteiger partial charge in [0.05, 0.1) is 18.0 Å². The van der Waals surface area contributed by atoms with Gasteiger partial charge in [-0.1, -0.05) is 24.3 Å². The van der Waals surface area contributed by atoms with Crippen LogP contribution in [0, 0.1) is 11.3 Å². The summed E-state index contributed by atoms with van der Waals surface area (Å²) in [4.78, 5) is 11.8. The van der Waals surface area contributed by atoms with Gasteiger partial charge in [0.2, 0.25) is 0 Å². The lowest BCUT2D eigenvalue weighted by molar-refractivity contribution is -0.126. The molecule has 1 unspecified atom stereocenters. The number of fused-ring (bicyclic) bond motifs is 1. The Kier molecular flexibility index (Phi) is 5.13. The van der Waals surface area contributed by atoms with Crippen LogP contribution in [0.4, 0.5) is 19.0 Å². The zero-order chi connectivity index (χ0) is 23.3. The summed E-state index contributed by atoms with van der Waals surface area (Å²) in [5.74, 6) is 1.44. The molecule has 3 aromatic heterocycles. The fourth-order valence-electron chi connectivity index (χ4n) is 5.71. The van der Waals surface area contributed by atoms with Crippen LogP contribution in [0.1, 0.15) is 29.7 Å². The monoisotopic (exact) mass is 483 g/mol. The van der Waals surface area contributed by atoms with Crippen LogP contribution in [0.2, 0.25) is 0 Å². The molecule has 1 saturated carbocycles. The highest BCUT2D eigenvalue weighted by Crippen LogP contribution is 2.51. The van der Waals surface area contributed by atoms with E-state index in [2.05, 4.69) is 49.3 Å². The molecule has 1 aromatic carbocycles. The number of nitrogens with zero attached hydrogens (tertiary/aromatic N) is 4. The van der Waals surface area contributed by atoms with E-state index >= 15 is 0 Å². The second-order valence-electron chi connectivity index (χ2n) is 9.77. The van der Waals surface area contributed by atoms with Gasteiger partial charge in [-0.3, -0.25) is 5.10 Å². The molecule has 2 fully saturated rings. The zero-order valence-electron chi connectivity index (χ0n) is 18.5. The SMILES string of the molecule is FC(F)(F)Cc1cc2c(N3CC4(CCC(Cc5ccc(-c6cn[nH]c6)cc5)C4)C3)ncnc2s1. The lowest BCUT2D eigenvalue weighted by Gasteiger charge is -2.49. The Balaban J connectivity index is 1.10. The van der Waals surface area contributed by atoms with E-state index in [1.165, 1.54) is 31.2 Å². The molecule has 1 aliphatic heterocycles. The molecule has 4 aromatic rings. The van der Waals surface area contributed by atoms with Crippen LogP contribution in [0.15, 0.2) is 49.1 Å². The maximum atomic E-state index is 12.8. The molecule has 0 amide bonds. The topological polar surface area (TPSA) is 57.7 Å². The first kappa shape index (κ1) is 21.6. The summed E-state index contributed by atoms with van der Waals surface area (Å²) >= 11 is 1.11. The van der Waals surface area contributed by atoms with Gasteiger partial charge in [-0.2, -0.15) is 18.3 Å². The molecule has 1 N–H and O–H groups in total. The predicted molar refractivity (Wildman–Crippen MR) is 127 cm³/mol. The predicted octanol–water partition coefficient (Wildman–Crippen LogP) is 6.04. The first-order chi connectivity index (χ1) is 16.4. The molecule has 1 atom stereocenters. The quantitative estimate of drug-likeness (QED) is 0.376. The fourth-order valence-corrected chi connectivity index (χ4v) is 6.73. The van der Waals surface area contributed by atoms with E-state index in [4.69, 9.17) is 0 Å². The average Bonchev–Trinajstić information content (AvgIpc) is 3.51. The number of anilines is 1. The smallest absolute Gasteiger partial charge is 0.355 e.